The number of thioether (sulfide) groups is 1. The summed E-state index contributed by atoms with van der Waals surface area (Å²) in [6, 6.07) is 19.8. The molecule has 0 fully saturated rings. The van der Waals surface area contributed by atoms with Crippen LogP contribution in [0.2, 0.25) is 0 Å². The molecule has 0 spiro atoms. The molecule has 0 saturated heterocycles. The standard InChI is InChI=1S/C25H34N2O2S/c1-20(24(29)26-25(2,3)4)27(17-15-21-11-7-5-8-12-21)23(28)16-18-30-19-22-13-9-6-10-14-22/h5-14,20H,15-19H2,1-4H3,(H,26,29)/t20-/m1/s1. The molecule has 0 aliphatic carbocycles. The van der Waals surface area contributed by atoms with Crippen molar-refractivity contribution in [1.82, 2.24) is 10.2 Å². The van der Waals surface area contributed by atoms with Gasteiger partial charge in [0.25, 0.3) is 0 Å². The predicted octanol–water partition coefficient (Wildman–Crippen LogP) is 4.68. The lowest BCUT2D eigenvalue weighted by atomic mass is 10.1. The molecular weight excluding hydrogens is 392 g/mol. The highest BCUT2D eigenvalue weighted by Crippen LogP contribution is 2.15. The molecule has 30 heavy (non-hydrogen) atoms. The van der Waals surface area contributed by atoms with Crippen LogP contribution in [0.3, 0.4) is 0 Å². The average molecular weight is 427 g/mol. The first-order valence-corrected chi connectivity index (χ1v) is 11.7. The van der Waals surface area contributed by atoms with Gasteiger partial charge in [-0.3, -0.25) is 9.59 Å². The summed E-state index contributed by atoms with van der Waals surface area (Å²) in [5.41, 5.74) is 2.09. The maximum absolute atomic E-state index is 13.0. The second kappa shape index (κ2) is 11.8. The van der Waals surface area contributed by atoms with Gasteiger partial charge < -0.3 is 10.2 Å². The van der Waals surface area contributed by atoms with Crippen LogP contribution in [0.25, 0.3) is 0 Å². The number of amides is 2. The molecule has 0 aromatic heterocycles. The van der Waals surface area contributed by atoms with E-state index < -0.39 is 6.04 Å². The Morgan fingerprint density at radius 3 is 2.10 bits per heavy atom. The quantitative estimate of drug-likeness (QED) is 0.561. The van der Waals surface area contributed by atoms with Gasteiger partial charge in [-0.25, -0.2) is 0 Å². The van der Waals surface area contributed by atoms with E-state index in [4.69, 9.17) is 0 Å². The van der Waals surface area contributed by atoms with Crippen LogP contribution in [0.1, 0.15) is 45.2 Å². The third-order valence-corrected chi connectivity index (χ3v) is 5.75. The fraction of sp³-hybridized carbons (Fsp3) is 0.440. The van der Waals surface area contributed by atoms with E-state index >= 15 is 0 Å². The Labute approximate surface area is 185 Å². The van der Waals surface area contributed by atoms with Gasteiger partial charge in [-0.1, -0.05) is 60.7 Å². The topological polar surface area (TPSA) is 49.4 Å². The smallest absolute Gasteiger partial charge is 0.242 e. The maximum atomic E-state index is 13.0. The van der Waals surface area contributed by atoms with Gasteiger partial charge in [0.2, 0.25) is 11.8 Å². The van der Waals surface area contributed by atoms with Crippen molar-refractivity contribution >= 4 is 23.6 Å². The van der Waals surface area contributed by atoms with Gasteiger partial charge in [-0.15, -0.1) is 0 Å². The number of carbonyl (C=O) groups is 2. The van der Waals surface area contributed by atoms with Gasteiger partial charge >= 0.3 is 0 Å². The summed E-state index contributed by atoms with van der Waals surface area (Å²) in [5.74, 6) is 1.55. The Morgan fingerprint density at radius 1 is 0.967 bits per heavy atom. The minimum atomic E-state index is -0.500. The second-order valence-corrected chi connectivity index (χ2v) is 9.63. The minimum Gasteiger partial charge on any atom is -0.350 e. The van der Waals surface area contributed by atoms with Crippen LogP contribution in [0.5, 0.6) is 0 Å². The lowest BCUT2D eigenvalue weighted by molar-refractivity contribution is -0.140. The summed E-state index contributed by atoms with van der Waals surface area (Å²) in [7, 11) is 0. The van der Waals surface area contributed by atoms with Crippen LogP contribution in [0.4, 0.5) is 0 Å². The number of nitrogens with zero attached hydrogens (tertiary/aromatic N) is 1. The van der Waals surface area contributed by atoms with Gasteiger partial charge in [0.05, 0.1) is 0 Å². The molecule has 0 aliphatic rings. The van der Waals surface area contributed by atoms with E-state index in [1.807, 2.05) is 64.1 Å². The number of benzene rings is 2. The Hall–Kier alpha value is -2.27. The Bertz CT molecular complexity index is 788. The van der Waals surface area contributed by atoms with Crippen molar-refractivity contribution in [2.24, 2.45) is 0 Å². The molecule has 2 aromatic rings. The van der Waals surface area contributed by atoms with Crippen LogP contribution in [-0.4, -0.2) is 40.6 Å². The third-order valence-electron chi connectivity index (χ3n) is 4.72. The fourth-order valence-electron chi connectivity index (χ4n) is 3.11. The molecule has 2 rings (SSSR count). The number of hydrogen-bond acceptors (Lipinski definition) is 3. The molecule has 0 aliphatic heterocycles. The zero-order valence-corrected chi connectivity index (χ0v) is 19.4. The minimum absolute atomic E-state index is 0.0306. The van der Waals surface area contributed by atoms with E-state index in [1.54, 1.807) is 16.7 Å². The first kappa shape index (κ1) is 24.0. The number of carbonyl (C=O) groups excluding carboxylic acids is 2. The predicted molar refractivity (Wildman–Crippen MR) is 126 cm³/mol. The van der Waals surface area contributed by atoms with Crippen LogP contribution < -0.4 is 5.32 Å². The van der Waals surface area contributed by atoms with Crippen LogP contribution in [0, 0.1) is 0 Å². The zero-order chi connectivity index (χ0) is 22.0. The van der Waals surface area contributed by atoms with Crippen molar-refractivity contribution in [3.8, 4) is 0 Å². The Kier molecular flexibility index (Phi) is 9.44. The second-order valence-electron chi connectivity index (χ2n) is 8.53. The summed E-state index contributed by atoms with van der Waals surface area (Å²) in [6.45, 7) is 8.21. The largest absolute Gasteiger partial charge is 0.350 e. The fourth-order valence-corrected chi connectivity index (χ4v) is 4.00. The molecule has 2 aromatic carbocycles. The van der Waals surface area contributed by atoms with E-state index in [0.29, 0.717) is 13.0 Å². The van der Waals surface area contributed by atoms with Crippen LogP contribution in [-0.2, 0) is 21.8 Å². The van der Waals surface area contributed by atoms with Crippen molar-refractivity contribution in [2.45, 2.75) is 57.9 Å². The summed E-state index contributed by atoms with van der Waals surface area (Å²) in [4.78, 5) is 27.5. The van der Waals surface area contributed by atoms with Crippen molar-refractivity contribution in [1.29, 1.82) is 0 Å². The molecule has 0 heterocycles. The molecule has 0 radical (unpaired) electrons. The zero-order valence-electron chi connectivity index (χ0n) is 18.6. The monoisotopic (exact) mass is 426 g/mol. The van der Waals surface area contributed by atoms with Crippen LogP contribution in [0.15, 0.2) is 60.7 Å². The van der Waals surface area contributed by atoms with E-state index in [-0.39, 0.29) is 17.4 Å². The molecule has 1 atom stereocenters. The third kappa shape index (κ3) is 8.62. The van der Waals surface area contributed by atoms with Gasteiger partial charge in [0.15, 0.2) is 0 Å². The van der Waals surface area contributed by atoms with Crippen molar-refractivity contribution in [3.05, 3.63) is 71.8 Å². The molecule has 1 N–H and O–H groups in total. The van der Waals surface area contributed by atoms with E-state index in [2.05, 4.69) is 29.6 Å². The highest BCUT2D eigenvalue weighted by molar-refractivity contribution is 7.98. The van der Waals surface area contributed by atoms with Gasteiger partial charge in [0.1, 0.15) is 6.04 Å². The van der Waals surface area contributed by atoms with Gasteiger partial charge in [-0.2, -0.15) is 11.8 Å². The van der Waals surface area contributed by atoms with Crippen LogP contribution >= 0.6 is 11.8 Å². The summed E-state index contributed by atoms with van der Waals surface area (Å²) in [5, 5.41) is 3.00. The molecule has 4 nitrogen and oxygen atoms in total. The average Bonchev–Trinajstić information content (AvgIpc) is 2.71. The number of nitrogens with one attached hydrogen (secondary N) is 1. The number of hydrogen-bond donors (Lipinski definition) is 1. The van der Waals surface area contributed by atoms with Gasteiger partial charge in [-0.05, 0) is 45.2 Å². The molecule has 0 saturated carbocycles. The molecule has 0 unspecified atom stereocenters. The summed E-state index contributed by atoms with van der Waals surface area (Å²) in [6.07, 6.45) is 1.16. The maximum Gasteiger partial charge on any atom is 0.242 e. The summed E-state index contributed by atoms with van der Waals surface area (Å²) < 4.78 is 0. The Balaban J connectivity index is 1.95. The Morgan fingerprint density at radius 2 is 1.53 bits per heavy atom. The molecule has 0 bridgehead atoms. The molecule has 162 valence electrons. The SMILES string of the molecule is C[C@H](C(=O)NC(C)(C)C)N(CCc1ccccc1)C(=O)CCSCc1ccccc1. The lowest BCUT2D eigenvalue weighted by Gasteiger charge is -2.31. The van der Waals surface area contributed by atoms with Crippen molar-refractivity contribution in [2.75, 3.05) is 12.3 Å². The van der Waals surface area contributed by atoms with E-state index in [0.717, 1.165) is 23.5 Å². The van der Waals surface area contributed by atoms with E-state index in [9.17, 15) is 9.59 Å². The lowest BCUT2D eigenvalue weighted by Crippen LogP contribution is -2.53. The van der Waals surface area contributed by atoms with Crippen molar-refractivity contribution < 1.29 is 9.59 Å². The molecule has 5 heteroatoms. The van der Waals surface area contributed by atoms with Gasteiger partial charge in [0, 0.05) is 30.0 Å². The highest BCUT2D eigenvalue weighted by Gasteiger charge is 2.27. The van der Waals surface area contributed by atoms with Crippen molar-refractivity contribution in [3.63, 3.8) is 0 Å². The summed E-state index contributed by atoms with van der Waals surface area (Å²) >= 11 is 1.75. The molecular formula is C25H34N2O2S. The normalized spacial score (nSPS) is 12.3. The first-order valence-electron chi connectivity index (χ1n) is 10.5. The van der Waals surface area contributed by atoms with E-state index in [1.165, 1.54) is 5.56 Å². The number of rotatable bonds is 10. The first-order chi connectivity index (χ1) is 14.3. The molecule has 2 amide bonds. The highest BCUT2D eigenvalue weighted by atomic mass is 32.2.